The van der Waals surface area contributed by atoms with Gasteiger partial charge in [-0.3, -0.25) is 0 Å². The second-order valence-corrected chi connectivity index (χ2v) is 11.2. The Balaban J connectivity index is 0.000000144. The summed E-state index contributed by atoms with van der Waals surface area (Å²) in [6.45, 7) is 10.2. The van der Waals surface area contributed by atoms with Gasteiger partial charge >= 0.3 is 0 Å². The van der Waals surface area contributed by atoms with Crippen LogP contribution >= 0.6 is 0 Å². The lowest BCUT2D eigenvalue weighted by Crippen LogP contribution is -2.31. The van der Waals surface area contributed by atoms with E-state index in [4.69, 9.17) is 37.9 Å². The van der Waals surface area contributed by atoms with Gasteiger partial charge in [-0.15, -0.1) is 0 Å². The molecule has 0 aliphatic carbocycles. The van der Waals surface area contributed by atoms with Crippen molar-refractivity contribution >= 4 is 11.4 Å². The minimum absolute atomic E-state index is 0. The standard InChI is InChI=1S/2C15H19NO4.H2O/c2*1-3-12(17-9-15-10-20-15)4-2-11(1)16(5-13-7-18-13)6-14-8-19-14;/h2*1-4,13-15H,5-10H2;1H2. The topological polar surface area (TPSA) is 132 Å². The van der Waals surface area contributed by atoms with Crippen molar-refractivity contribution in [2.24, 2.45) is 0 Å². The summed E-state index contributed by atoms with van der Waals surface area (Å²) in [6.07, 6.45) is 2.14. The van der Waals surface area contributed by atoms with E-state index in [1.807, 2.05) is 24.3 Å². The molecule has 6 unspecified atom stereocenters. The molecule has 6 aliphatic rings. The molecule has 2 aromatic rings. The van der Waals surface area contributed by atoms with E-state index in [-0.39, 0.29) is 5.48 Å². The van der Waals surface area contributed by atoms with Crippen molar-refractivity contribution in [3.63, 3.8) is 0 Å². The van der Waals surface area contributed by atoms with Gasteiger partial charge < -0.3 is 53.2 Å². The molecular formula is C30H40N2O9. The number of ether oxygens (including phenoxy) is 8. The molecule has 6 heterocycles. The lowest BCUT2D eigenvalue weighted by atomic mass is 10.2. The first-order valence-corrected chi connectivity index (χ1v) is 14.4. The highest BCUT2D eigenvalue weighted by Crippen LogP contribution is 2.26. The molecule has 41 heavy (non-hydrogen) atoms. The van der Waals surface area contributed by atoms with Crippen molar-refractivity contribution < 1.29 is 43.4 Å². The Labute approximate surface area is 240 Å². The van der Waals surface area contributed by atoms with Crippen LogP contribution in [0.4, 0.5) is 11.4 Å². The van der Waals surface area contributed by atoms with E-state index in [0.717, 1.165) is 77.3 Å². The summed E-state index contributed by atoms with van der Waals surface area (Å²) < 4.78 is 42.9. The first-order chi connectivity index (χ1) is 19.7. The molecule has 6 aliphatic heterocycles. The van der Waals surface area contributed by atoms with Crippen LogP contribution in [0.2, 0.25) is 0 Å². The van der Waals surface area contributed by atoms with Crippen molar-refractivity contribution in [2.75, 3.05) is 88.8 Å². The van der Waals surface area contributed by atoms with Crippen molar-refractivity contribution in [2.45, 2.75) is 36.6 Å². The molecule has 0 spiro atoms. The number of hydrogen-bond donors (Lipinski definition) is 0. The van der Waals surface area contributed by atoms with Gasteiger partial charge in [-0.25, -0.2) is 0 Å². The number of rotatable bonds is 16. The number of epoxide rings is 6. The average molecular weight is 573 g/mol. The van der Waals surface area contributed by atoms with E-state index in [0.29, 0.717) is 49.8 Å². The number of benzene rings is 2. The molecule has 0 saturated carbocycles. The molecule has 0 bridgehead atoms. The molecule has 0 aromatic heterocycles. The molecule has 11 nitrogen and oxygen atoms in total. The van der Waals surface area contributed by atoms with Gasteiger partial charge in [-0.1, -0.05) is 0 Å². The van der Waals surface area contributed by atoms with Crippen LogP contribution in [0.5, 0.6) is 11.5 Å². The summed E-state index contributed by atoms with van der Waals surface area (Å²) in [5.41, 5.74) is 2.40. The highest BCUT2D eigenvalue weighted by molar-refractivity contribution is 5.50. The summed E-state index contributed by atoms with van der Waals surface area (Å²) in [7, 11) is 0. The van der Waals surface area contributed by atoms with E-state index < -0.39 is 0 Å². The maximum absolute atomic E-state index is 5.66. The monoisotopic (exact) mass is 572 g/mol. The zero-order valence-electron chi connectivity index (χ0n) is 23.2. The van der Waals surface area contributed by atoms with Crippen molar-refractivity contribution in [3.8, 4) is 11.5 Å². The van der Waals surface area contributed by atoms with Crippen LogP contribution in [-0.2, 0) is 28.4 Å². The summed E-state index contributed by atoms with van der Waals surface area (Å²) >= 11 is 0. The molecule has 6 fully saturated rings. The SMILES string of the molecule is O.c1cc(N(CC2CO2)CC2CO2)ccc1OCC1CO1.c1cc(N(CC2CO2)CC2CO2)ccc1OCC1CO1. The van der Waals surface area contributed by atoms with Gasteiger partial charge in [0.05, 0.1) is 64.1 Å². The fourth-order valence-corrected chi connectivity index (χ4v) is 4.46. The molecule has 2 N–H and O–H groups in total. The van der Waals surface area contributed by atoms with Crippen LogP contribution in [0.15, 0.2) is 48.5 Å². The minimum atomic E-state index is 0. The smallest absolute Gasteiger partial charge is 0.119 e. The fraction of sp³-hybridized carbons (Fsp3) is 0.600. The Kier molecular flexibility index (Phi) is 9.11. The fourth-order valence-electron chi connectivity index (χ4n) is 4.46. The van der Waals surface area contributed by atoms with Crippen LogP contribution in [0, 0.1) is 0 Å². The van der Waals surface area contributed by atoms with Gasteiger partial charge in [0, 0.05) is 37.6 Å². The van der Waals surface area contributed by atoms with Crippen molar-refractivity contribution in [1.29, 1.82) is 0 Å². The van der Waals surface area contributed by atoms with E-state index in [1.165, 1.54) is 11.4 Å². The molecule has 6 saturated heterocycles. The third-order valence-corrected chi connectivity index (χ3v) is 7.39. The Morgan fingerprint density at radius 1 is 0.463 bits per heavy atom. The summed E-state index contributed by atoms with van der Waals surface area (Å²) in [6, 6.07) is 16.5. The van der Waals surface area contributed by atoms with E-state index in [9.17, 15) is 0 Å². The van der Waals surface area contributed by atoms with E-state index in [2.05, 4.69) is 34.1 Å². The van der Waals surface area contributed by atoms with Crippen molar-refractivity contribution in [3.05, 3.63) is 48.5 Å². The largest absolute Gasteiger partial charge is 0.491 e. The van der Waals surface area contributed by atoms with Crippen LogP contribution in [0.25, 0.3) is 0 Å². The van der Waals surface area contributed by atoms with Gasteiger partial charge in [0.15, 0.2) is 0 Å². The quantitative estimate of drug-likeness (QED) is 0.271. The lowest BCUT2D eigenvalue weighted by molar-refractivity contribution is 0.263. The summed E-state index contributed by atoms with van der Waals surface area (Å²) in [4.78, 5) is 4.67. The zero-order chi connectivity index (χ0) is 26.7. The summed E-state index contributed by atoms with van der Waals surface area (Å²) in [5, 5.41) is 0. The average Bonchev–Trinajstić information content (AvgIpc) is 3.75. The van der Waals surface area contributed by atoms with E-state index >= 15 is 0 Å². The lowest BCUT2D eigenvalue weighted by Gasteiger charge is -2.23. The number of anilines is 2. The van der Waals surface area contributed by atoms with Crippen molar-refractivity contribution in [1.82, 2.24) is 0 Å². The first-order valence-electron chi connectivity index (χ1n) is 14.4. The van der Waals surface area contributed by atoms with Gasteiger partial charge in [0.1, 0.15) is 36.9 Å². The molecular weight excluding hydrogens is 532 g/mol. The molecule has 0 radical (unpaired) electrons. The van der Waals surface area contributed by atoms with Crippen LogP contribution in [-0.4, -0.2) is 121 Å². The third kappa shape index (κ3) is 9.71. The Morgan fingerprint density at radius 3 is 0.976 bits per heavy atom. The van der Waals surface area contributed by atoms with Gasteiger partial charge in [-0.05, 0) is 48.5 Å². The molecule has 8 rings (SSSR count). The normalized spacial score (nSPS) is 29.2. The highest BCUT2D eigenvalue weighted by atomic mass is 16.6. The van der Waals surface area contributed by atoms with Crippen LogP contribution in [0.1, 0.15) is 0 Å². The second-order valence-electron chi connectivity index (χ2n) is 11.2. The highest BCUT2D eigenvalue weighted by Gasteiger charge is 2.32. The maximum atomic E-state index is 5.66. The Hall–Kier alpha value is -2.64. The molecule has 11 heteroatoms. The predicted octanol–water partition coefficient (Wildman–Crippen LogP) is 1.31. The van der Waals surface area contributed by atoms with Crippen LogP contribution < -0.4 is 19.3 Å². The molecule has 0 amide bonds. The van der Waals surface area contributed by atoms with E-state index in [1.54, 1.807) is 0 Å². The third-order valence-electron chi connectivity index (χ3n) is 7.39. The Morgan fingerprint density at radius 2 is 0.732 bits per heavy atom. The Bertz CT molecular complexity index is 965. The first kappa shape index (κ1) is 28.5. The second kappa shape index (κ2) is 13.1. The van der Waals surface area contributed by atoms with Gasteiger partial charge in [0.2, 0.25) is 0 Å². The summed E-state index contributed by atoms with van der Waals surface area (Å²) in [5.74, 6) is 1.80. The number of nitrogens with zero attached hydrogens (tertiary/aromatic N) is 2. The van der Waals surface area contributed by atoms with Crippen LogP contribution in [0.3, 0.4) is 0 Å². The van der Waals surface area contributed by atoms with Gasteiger partial charge in [0.25, 0.3) is 0 Å². The number of hydrogen-bond acceptors (Lipinski definition) is 10. The molecule has 224 valence electrons. The zero-order valence-corrected chi connectivity index (χ0v) is 23.2. The molecule has 2 aromatic carbocycles. The van der Waals surface area contributed by atoms with Gasteiger partial charge in [-0.2, -0.15) is 0 Å². The predicted molar refractivity (Wildman–Crippen MR) is 150 cm³/mol. The maximum Gasteiger partial charge on any atom is 0.119 e. The molecule has 6 atom stereocenters. The minimum Gasteiger partial charge on any atom is -0.491 e.